The summed E-state index contributed by atoms with van der Waals surface area (Å²) in [4.78, 5) is 13.1. The van der Waals surface area contributed by atoms with E-state index in [9.17, 15) is 9.18 Å². The number of hydrogen-bond acceptors (Lipinski definition) is 9. The maximum atomic E-state index is 13.5. The molecule has 6 atom stereocenters. The van der Waals surface area contributed by atoms with Crippen molar-refractivity contribution < 1.29 is 9.18 Å². The Morgan fingerprint density at radius 2 is 2.28 bits per heavy atom. The van der Waals surface area contributed by atoms with E-state index >= 15 is 0 Å². The normalized spacial score (nSPS) is 38.0. The Bertz CT molecular complexity index is 620. The van der Waals surface area contributed by atoms with Crippen molar-refractivity contribution in [3.8, 4) is 0 Å². The highest BCUT2D eigenvalue weighted by Gasteiger charge is 2.46. The first-order chi connectivity index (χ1) is 14.1. The van der Waals surface area contributed by atoms with Gasteiger partial charge in [0.1, 0.15) is 17.9 Å². The van der Waals surface area contributed by atoms with Crippen molar-refractivity contribution >= 4 is 5.91 Å². The zero-order valence-electron chi connectivity index (χ0n) is 17.0. The van der Waals surface area contributed by atoms with Crippen LogP contribution in [0, 0.1) is 11.8 Å². The monoisotopic (exact) mass is 411 g/mol. The van der Waals surface area contributed by atoms with Crippen LogP contribution in [0.25, 0.3) is 0 Å². The molecule has 4 rings (SSSR count). The molecule has 0 aliphatic carbocycles. The number of carbonyl (C=O) groups excluding carboxylic acids is 1. The summed E-state index contributed by atoms with van der Waals surface area (Å²) >= 11 is 0. The molecule has 0 radical (unpaired) electrons. The molecule has 4 aliphatic heterocycles. The van der Waals surface area contributed by atoms with E-state index in [0.29, 0.717) is 5.92 Å². The number of hydrazine groups is 2. The van der Waals surface area contributed by atoms with Crippen molar-refractivity contribution in [3.05, 3.63) is 12.0 Å². The largest absolute Gasteiger partial charge is 0.350 e. The number of piperidine rings is 1. The van der Waals surface area contributed by atoms with E-state index in [4.69, 9.17) is 5.73 Å². The molecule has 0 aromatic carbocycles. The van der Waals surface area contributed by atoms with Gasteiger partial charge in [-0.15, -0.1) is 0 Å². The number of halogens is 1. The maximum absolute atomic E-state index is 13.5. The summed E-state index contributed by atoms with van der Waals surface area (Å²) in [6.07, 6.45) is 2.56. The molecule has 0 saturated carbocycles. The third-order valence-corrected chi connectivity index (χ3v) is 6.40. The van der Waals surface area contributed by atoms with Crippen molar-refractivity contribution in [1.29, 1.82) is 0 Å². The van der Waals surface area contributed by atoms with Crippen LogP contribution < -0.4 is 37.9 Å². The van der Waals surface area contributed by atoms with Crippen LogP contribution in [0.15, 0.2) is 12.0 Å². The summed E-state index contributed by atoms with van der Waals surface area (Å²) in [6.45, 7) is 4.75. The van der Waals surface area contributed by atoms with E-state index in [-0.39, 0.29) is 36.5 Å². The molecule has 29 heavy (non-hydrogen) atoms. The van der Waals surface area contributed by atoms with E-state index in [1.54, 1.807) is 5.01 Å². The second kappa shape index (κ2) is 9.21. The van der Waals surface area contributed by atoms with Crippen LogP contribution in [0.1, 0.15) is 12.8 Å². The Morgan fingerprint density at radius 1 is 1.41 bits per heavy atom. The summed E-state index contributed by atoms with van der Waals surface area (Å²) in [6, 6.07) is 0.224. The van der Waals surface area contributed by atoms with Gasteiger partial charge < -0.3 is 21.7 Å². The Balaban J connectivity index is 1.37. The van der Waals surface area contributed by atoms with Crippen molar-refractivity contribution in [1.82, 2.24) is 42.1 Å². The standard InChI is InChI=1S/C18H34FN9O/c1-21-4-2-11-6-24-27(9-11)14-3-5-22-8-13(14)25-18(29)15-16(20)26-28-10-12(19)7-23-17(15)28/h10-11,13-17,21-24,26H,2-9,20H2,1H3,(H,25,29). The third kappa shape index (κ3) is 4.55. The Kier molecular flexibility index (Phi) is 6.64. The highest BCUT2D eigenvalue weighted by atomic mass is 19.1. The SMILES string of the molecule is CNCCC1CNN(C2CCNCC2NC(=O)C2C(N)NN3C=C(F)CNC23)C1. The molecular weight excluding hydrogens is 377 g/mol. The van der Waals surface area contributed by atoms with Crippen molar-refractivity contribution in [3.63, 3.8) is 0 Å². The first-order valence-corrected chi connectivity index (χ1v) is 10.6. The second-order valence-corrected chi connectivity index (χ2v) is 8.44. The molecule has 11 heteroatoms. The van der Waals surface area contributed by atoms with Gasteiger partial charge in [-0.2, -0.15) is 0 Å². The van der Waals surface area contributed by atoms with E-state index in [2.05, 4.69) is 37.1 Å². The number of nitrogens with zero attached hydrogens (tertiary/aromatic N) is 2. The molecule has 0 bridgehead atoms. The quantitative estimate of drug-likeness (QED) is 0.251. The number of rotatable bonds is 6. The molecule has 3 saturated heterocycles. The van der Waals surface area contributed by atoms with Gasteiger partial charge in [-0.25, -0.2) is 14.8 Å². The molecule has 0 spiro atoms. The van der Waals surface area contributed by atoms with Crippen LogP contribution in [-0.2, 0) is 4.79 Å². The first-order valence-electron chi connectivity index (χ1n) is 10.6. The Hall–Kier alpha value is -1.34. The summed E-state index contributed by atoms with van der Waals surface area (Å²) in [5.41, 5.74) is 12.7. The van der Waals surface area contributed by atoms with Gasteiger partial charge in [0.2, 0.25) is 5.91 Å². The molecule has 10 nitrogen and oxygen atoms in total. The van der Waals surface area contributed by atoms with E-state index in [1.165, 1.54) is 6.20 Å². The summed E-state index contributed by atoms with van der Waals surface area (Å²) in [7, 11) is 1.98. The lowest BCUT2D eigenvalue weighted by molar-refractivity contribution is -0.127. The number of hydrogen-bond donors (Lipinski definition) is 7. The molecular formula is C18H34FN9O. The van der Waals surface area contributed by atoms with Gasteiger partial charge in [0.25, 0.3) is 0 Å². The van der Waals surface area contributed by atoms with Gasteiger partial charge >= 0.3 is 0 Å². The smallest absolute Gasteiger partial charge is 0.229 e. The molecule has 164 valence electrons. The van der Waals surface area contributed by atoms with Gasteiger partial charge in [-0.05, 0) is 38.9 Å². The van der Waals surface area contributed by atoms with Gasteiger partial charge in [0.05, 0.1) is 25.0 Å². The molecule has 4 heterocycles. The number of carbonyl (C=O) groups is 1. The van der Waals surface area contributed by atoms with Crippen molar-refractivity contribution in [2.45, 2.75) is 37.3 Å². The topological polar surface area (TPSA) is 122 Å². The minimum absolute atomic E-state index is 0.0103. The fourth-order valence-electron chi connectivity index (χ4n) is 4.84. The fraction of sp³-hybridized carbons (Fsp3) is 0.833. The summed E-state index contributed by atoms with van der Waals surface area (Å²) in [5, 5.41) is 16.8. The second-order valence-electron chi connectivity index (χ2n) is 8.44. The van der Waals surface area contributed by atoms with Crippen molar-refractivity contribution in [2.75, 3.05) is 46.3 Å². The third-order valence-electron chi connectivity index (χ3n) is 6.40. The fourth-order valence-corrected chi connectivity index (χ4v) is 4.84. The van der Waals surface area contributed by atoms with E-state index in [0.717, 1.165) is 45.6 Å². The molecule has 0 aromatic heterocycles. The molecule has 0 aromatic rings. The lowest BCUT2D eigenvalue weighted by Crippen LogP contribution is -2.63. The number of amides is 1. The van der Waals surface area contributed by atoms with E-state index < -0.39 is 12.1 Å². The summed E-state index contributed by atoms with van der Waals surface area (Å²) in [5.74, 6) is -0.281. The highest BCUT2D eigenvalue weighted by Crippen LogP contribution is 2.24. The maximum Gasteiger partial charge on any atom is 0.229 e. The van der Waals surface area contributed by atoms with Crippen molar-refractivity contribution in [2.24, 2.45) is 17.6 Å². The number of nitrogens with one attached hydrogen (secondary N) is 6. The number of fused-ring (bicyclic) bond motifs is 1. The van der Waals surface area contributed by atoms with Crippen LogP contribution in [0.5, 0.6) is 0 Å². The zero-order chi connectivity index (χ0) is 20.4. The van der Waals surface area contributed by atoms with E-state index in [1.807, 2.05) is 7.05 Å². The molecule has 4 aliphatic rings. The molecule has 1 amide bonds. The minimum Gasteiger partial charge on any atom is -0.350 e. The van der Waals surface area contributed by atoms with Gasteiger partial charge in [0, 0.05) is 25.7 Å². The number of nitrogens with two attached hydrogens (primary N) is 1. The van der Waals surface area contributed by atoms with Crippen LogP contribution in [0.4, 0.5) is 4.39 Å². The summed E-state index contributed by atoms with van der Waals surface area (Å²) < 4.78 is 13.5. The lowest BCUT2D eigenvalue weighted by Gasteiger charge is -2.39. The van der Waals surface area contributed by atoms with Gasteiger partial charge in [0.15, 0.2) is 0 Å². The Morgan fingerprint density at radius 3 is 3.10 bits per heavy atom. The van der Waals surface area contributed by atoms with Crippen LogP contribution >= 0.6 is 0 Å². The minimum atomic E-state index is -0.569. The first kappa shape index (κ1) is 20.9. The lowest BCUT2D eigenvalue weighted by atomic mass is 9.96. The molecule has 6 unspecified atom stereocenters. The highest BCUT2D eigenvalue weighted by molar-refractivity contribution is 5.81. The zero-order valence-corrected chi connectivity index (χ0v) is 17.0. The predicted octanol–water partition coefficient (Wildman–Crippen LogP) is -2.66. The van der Waals surface area contributed by atoms with Crippen LogP contribution in [0.2, 0.25) is 0 Å². The van der Waals surface area contributed by atoms with Gasteiger partial charge in [-0.1, -0.05) is 0 Å². The average molecular weight is 412 g/mol. The Labute approximate surface area is 171 Å². The predicted molar refractivity (Wildman–Crippen MR) is 107 cm³/mol. The van der Waals surface area contributed by atoms with Crippen LogP contribution in [0.3, 0.4) is 0 Å². The van der Waals surface area contributed by atoms with Gasteiger partial charge in [-0.3, -0.25) is 20.5 Å². The molecule has 8 N–H and O–H groups in total. The average Bonchev–Trinajstić information content (AvgIpc) is 3.30. The van der Waals surface area contributed by atoms with Crippen LogP contribution in [-0.4, -0.2) is 86.7 Å². The molecule has 3 fully saturated rings.